The number of para-hydroxylation sites is 1. The van der Waals surface area contributed by atoms with Crippen LogP contribution in [0.1, 0.15) is 36.0 Å². The van der Waals surface area contributed by atoms with Gasteiger partial charge in [-0.25, -0.2) is 0 Å². The highest BCUT2D eigenvalue weighted by Crippen LogP contribution is 2.25. The van der Waals surface area contributed by atoms with Crippen molar-refractivity contribution in [3.63, 3.8) is 0 Å². The maximum atomic E-state index is 12.8. The highest BCUT2D eigenvalue weighted by molar-refractivity contribution is 6.42. The lowest BCUT2D eigenvalue weighted by Gasteiger charge is -2.32. The summed E-state index contributed by atoms with van der Waals surface area (Å²) in [5.41, 5.74) is 1.69. The molecule has 1 saturated heterocycles. The third kappa shape index (κ3) is 6.62. The summed E-state index contributed by atoms with van der Waals surface area (Å²) in [4.78, 5) is 29.4. The van der Waals surface area contributed by atoms with Gasteiger partial charge in [-0.05, 0) is 56.0 Å². The summed E-state index contributed by atoms with van der Waals surface area (Å²) >= 11 is 12.0. The molecule has 1 N–H and O–H groups in total. The highest BCUT2D eigenvalue weighted by atomic mass is 35.5. The topological polar surface area (TPSA) is 52.7 Å². The van der Waals surface area contributed by atoms with Crippen LogP contribution in [0.15, 0.2) is 48.5 Å². The van der Waals surface area contributed by atoms with Crippen molar-refractivity contribution in [3.05, 3.63) is 64.1 Å². The number of nitrogens with zero attached hydrogens (tertiary/aromatic N) is 2. The number of benzene rings is 2. The molecule has 31 heavy (non-hydrogen) atoms. The van der Waals surface area contributed by atoms with Crippen molar-refractivity contribution >= 4 is 40.7 Å². The summed E-state index contributed by atoms with van der Waals surface area (Å²) in [7, 11) is 2.08. The second kappa shape index (κ2) is 11.4. The number of hydrogen-bond acceptors (Lipinski definition) is 3. The lowest BCUT2D eigenvalue weighted by Crippen LogP contribution is -2.45. The fraction of sp³-hybridized carbons (Fsp3) is 0.417. The van der Waals surface area contributed by atoms with E-state index in [9.17, 15) is 9.59 Å². The van der Waals surface area contributed by atoms with Crippen LogP contribution in [0.5, 0.6) is 0 Å². The Labute approximate surface area is 194 Å². The molecule has 1 atom stereocenters. The minimum atomic E-state index is -0.174. The van der Waals surface area contributed by atoms with Gasteiger partial charge in [0.2, 0.25) is 5.91 Å². The van der Waals surface area contributed by atoms with E-state index in [0.717, 1.165) is 32.2 Å². The molecular formula is C24H29Cl2N3O2. The molecule has 1 fully saturated rings. The molecule has 0 aromatic heterocycles. The van der Waals surface area contributed by atoms with Crippen LogP contribution in [0, 0.1) is 5.92 Å². The van der Waals surface area contributed by atoms with Gasteiger partial charge in [0, 0.05) is 44.5 Å². The number of hydrogen-bond donors (Lipinski definition) is 1. The van der Waals surface area contributed by atoms with Gasteiger partial charge < -0.3 is 15.1 Å². The second-order valence-electron chi connectivity index (χ2n) is 7.97. The summed E-state index contributed by atoms with van der Waals surface area (Å²) in [5.74, 6) is -0.254. The number of halogens is 2. The van der Waals surface area contributed by atoms with Gasteiger partial charge >= 0.3 is 0 Å². The smallest absolute Gasteiger partial charge is 0.253 e. The van der Waals surface area contributed by atoms with Crippen molar-refractivity contribution in [2.45, 2.75) is 25.7 Å². The normalized spacial score (nSPS) is 16.1. The number of nitrogens with one attached hydrogen (secondary N) is 1. The lowest BCUT2D eigenvalue weighted by molar-refractivity contribution is -0.126. The Balaban J connectivity index is 1.41. The van der Waals surface area contributed by atoms with E-state index < -0.39 is 0 Å². The second-order valence-corrected chi connectivity index (χ2v) is 8.79. The standard InChI is InChI=1S/C24H29Cl2N3O2/c1-28(20-9-3-2-4-10-20)14-6-5-13-27-23(30)19-8-7-15-29(17-19)24(31)18-11-12-21(25)22(26)16-18/h2-4,9-12,16,19H,5-8,13-15,17H2,1H3,(H,27,30). The Hall–Kier alpha value is -2.24. The van der Waals surface area contributed by atoms with E-state index in [0.29, 0.717) is 35.2 Å². The maximum Gasteiger partial charge on any atom is 0.253 e. The first kappa shape index (κ1) is 23.4. The zero-order valence-electron chi connectivity index (χ0n) is 17.8. The van der Waals surface area contributed by atoms with Crippen molar-refractivity contribution < 1.29 is 9.59 Å². The fourth-order valence-corrected chi connectivity index (χ4v) is 4.13. The van der Waals surface area contributed by atoms with Crippen LogP contribution in [0.25, 0.3) is 0 Å². The SMILES string of the molecule is CN(CCCCNC(=O)C1CCCN(C(=O)c2ccc(Cl)c(Cl)c2)C1)c1ccccc1. The third-order valence-corrected chi connectivity index (χ3v) is 6.40. The largest absolute Gasteiger partial charge is 0.375 e. The monoisotopic (exact) mass is 461 g/mol. The molecule has 1 aliphatic rings. The van der Waals surface area contributed by atoms with E-state index in [1.807, 2.05) is 18.2 Å². The average molecular weight is 462 g/mol. The first-order valence-electron chi connectivity index (χ1n) is 10.7. The van der Waals surface area contributed by atoms with E-state index in [-0.39, 0.29) is 17.7 Å². The van der Waals surface area contributed by atoms with Gasteiger partial charge in [-0.2, -0.15) is 0 Å². The van der Waals surface area contributed by atoms with Crippen LogP contribution < -0.4 is 10.2 Å². The van der Waals surface area contributed by atoms with Gasteiger partial charge in [-0.15, -0.1) is 0 Å². The number of likely N-dealkylation sites (tertiary alicyclic amines) is 1. The van der Waals surface area contributed by atoms with Crippen molar-refractivity contribution in [2.75, 3.05) is 38.1 Å². The molecule has 1 heterocycles. The molecule has 2 aromatic carbocycles. The summed E-state index contributed by atoms with van der Waals surface area (Å²) in [5, 5.41) is 3.83. The van der Waals surface area contributed by atoms with Crippen molar-refractivity contribution in [2.24, 2.45) is 5.92 Å². The Morgan fingerprint density at radius 1 is 1.10 bits per heavy atom. The molecule has 3 rings (SSSR count). The molecule has 1 aliphatic heterocycles. The van der Waals surface area contributed by atoms with E-state index in [1.165, 1.54) is 5.69 Å². The first-order valence-corrected chi connectivity index (χ1v) is 11.5. The number of carbonyl (C=O) groups is 2. The molecule has 0 saturated carbocycles. The van der Waals surface area contributed by atoms with Crippen molar-refractivity contribution in [1.29, 1.82) is 0 Å². The minimum Gasteiger partial charge on any atom is -0.375 e. The third-order valence-electron chi connectivity index (χ3n) is 5.66. The predicted octanol–water partition coefficient (Wildman–Crippen LogP) is 4.88. The fourth-order valence-electron chi connectivity index (χ4n) is 3.83. The van der Waals surface area contributed by atoms with Gasteiger partial charge in [0.15, 0.2) is 0 Å². The summed E-state index contributed by atoms with van der Waals surface area (Å²) in [6, 6.07) is 15.1. The molecule has 0 bridgehead atoms. The zero-order valence-corrected chi connectivity index (χ0v) is 19.3. The summed E-state index contributed by atoms with van der Waals surface area (Å²) < 4.78 is 0. The molecule has 7 heteroatoms. The Morgan fingerprint density at radius 2 is 1.87 bits per heavy atom. The number of piperidine rings is 1. The number of anilines is 1. The summed E-state index contributed by atoms with van der Waals surface area (Å²) in [6.07, 6.45) is 3.53. The Morgan fingerprint density at radius 3 is 2.61 bits per heavy atom. The Bertz CT molecular complexity index is 892. The van der Waals surface area contributed by atoms with E-state index in [1.54, 1.807) is 23.1 Å². The van der Waals surface area contributed by atoms with E-state index >= 15 is 0 Å². The highest BCUT2D eigenvalue weighted by Gasteiger charge is 2.28. The minimum absolute atomic E-state index is 0.0306. The molecule has 0 radical (unpaired) electrons. The number of amides is 2. The van der Waals surface area contributed by atoms with E-state index in [2.05, 4.69) is 29.4 Å². The van der Waals surface area contributed by atoms with Crippen molar-refractivity contribution in [1.82, 2.24) is 10.2 Å². The zero-order chi connectivity index (χ0) is 22.2. The number of unbranched alkanes of at least 4 members (excludes halogenated alkanes) is 1. The molecule has 2 amide bonds. The van der Waals surface area contributed by atoms with Crippen LogP contribution >= 0.6 is 23.2 Å². The molecule has 0 aliphatic carbocycles. The van der Waals surface area contributed by atoms with Gasteiger partial charge in [-0.1, -0.05) is 41.4 Å². The van der Waals surface area contributed by atoms with E-state index in [4.69, 9.17) is 23.2 Å². The molecule has 1 unspecified atom stereocenters. The van der Waals surface area contributed by atoms with Crippen LogP contribution in [-0.2, 0) is 4.79 Å². The average Bonchev–Trinajstić information content (AvgIpc) is 2.80. The quantitative estimate of drug-likeness (QED) is 0.569. The van der Waals surface area contributed by atoms with Gasteiger partial charge in [-0.3, -0.25) is 9.59 Å². The molecule has 5 nitrogen and oxygen atoms in total. The number of rotatable bonds is 8. The lowest BCUT2D eigenvalue weighted by atomic mass is 9.96. The van der Waals surface area contributed by atoms with Crippen LogP contribution in [0.4, 0.5) is 5.69 Å². The Kier molecular flexibility index (Phi) is 8.61. The maximum absolute atomic E-state index is 12.8. The summed E-state index contributed by atoms with van der Waals surface area (Å²) in [6.45, 7) is 2.67. The predicted molar refractivity (Wildman–Crippen MR) is 127 cm³/mol. The molecular weight excluding hydrogens is 433 g/mol. The van der Waals surface area contributed by atoms with Gasteiger partial charge in [0.1, 0.15) is 0 Å². The van der Waals surface area contributed by atoms with Crippen molar-refractivity contribution in [3.8, 4) is 0 Å². The number of carbonyl (C=O) groups excluding carboxylic acids is 2. The van der Waals surface area contributed by atoms with Gasteiger partial charge in [0.25, 0.3) is 5.91 Å². The molecule has 166 valence electrons. The van der Waals surface area contributed by atoms with Crippen LogP contribution in [0.2, 0.25) is 10.0 Å². The van der Waals surface area contributed by atoms with Crippen LogP contribution in [-0.4, -0.2) is 49.9 Å². The molecule has 0 spiro atoms. The van der Waals surface area contributed by atoms with Gasteiger partial charge in [0.05, 0.1) is 16.0 Å². The van der Waals surface area contributed by atoms with Crippen LogP contribution in [0.3, 0.4) is 0 Å². The molecule has 2 aromatic rings. The first-order chi connectivity index (χ1) is 15.0.